The van der Waals surface area contributed by atoms with E-state index in [1.54, 1.807) is 0 Å². The zero-order valence-corrected chi connectivity index (χ0v) is 28.2. The van der Waals surface area contributed by atoms with Crippen molar-refractivity contribution in [3.05, 3.63) is 194 Å². The third-order valence-electron chi connectivity index (χ3n) is 10.0. The molecule has 244 valence electrons. The quantitative estimate of drug-likeness (QED) is 0.166. The van der Waals surface area contributed by atoms with Crippen molar-refractivity contribution in [2.45, 2.75) is 6.04 Å². The number of hydrogen-bond donors (Lipinski definition) is 0. The molecule has 52 heavy (non-hydrogen) atoms. The Morgan fingerprint density at radius 3 is 1.83 bits per heavy atom. The number of para-hydroxylation sites is 2. The van der Waals surface area contributed by atoms with Gasteiger partial charge in [-0.15, -0.1) is 0 Å². The fraction of sp³-hybridized carbons (Fsp3) is 0.0208. The standard InChI is InChI=1S/C48H32N3O/c1-3-11-34(12-4-1)43-30-38(33-21-19-32(20-22-33)37-27-28-47-41(29-37)40-15-7-10-18-46(40)52-47)31-44(49-43)35-23-25-36(26-24-35)48-50-42-16-8-9-17-45(42)51(48)39-13-5-2-6-14-39/h1-31,45H/q+1. The van der Waals surface area contributed by atoms with Gasteiger partial charge in [-0.1, -0.05) is 121 Å². The highest BCUT2D eigenvalue weighted by Gasteiger charge is 2.37. The summed E-state index contributed by atoms with van der Waals surface area (Å²) in [6, 6.07) is 57.5. The van der Waals surface area contributed by atoms with Crippen LogP contribution in [0.4, 0.5) is 5.69 Å². The maximum atomic E-state index is 6.07. The minimum absolute atomic E-state index is 0.0775. The fourth-order valence-electron chi connectivity index (χ4n) is 7.38. The lowest BCUT2D eigenvalue weighted by atomic mass is 9.97. The van der Waals surface area contributed by atoms with E-state index >= 15 is 0 Å². The minimum Gasteiger partial charge on any atom is -0.456 e. The van der Waals surface area contributed by atoms with Gasteiger partial charge in [0.15, 0.2) is 6.04 Å². The van der Waals surface area contributed by atoms with Crippen LogP contribution >= 0.6 is 0 Å². The van der Waals surface area contributed by atoms with Crippen LogP contribution in [0.15, 0.2) is 198 Å². The van der Waals surface area contributed by atoms with Gasteiger partial charge in [0.1, 0.15) is 16.9 Å². The van der Waals surface area contributed by atoms with Crippen LogP contribution in [0.1, 0.15) is 5.56 Å². The lowest BCUT2D eigenvalue weighted by Gasteiger charge is -2.12. The normalized spacial score (nSPS) is 15.0. The van der Waals surface area contributed by atoms with Crippen molar-refractivity contribution in [3.8, 4) is 44.8 Å². The molecule has 2 aliphatic rings. The first kappa shape index (κ1) is 30.0. The SMILES string of the molecule is C1=CC2=NC(c3ccc(-c4cc(-c5ccc(-c6ccc7oc8ccccc8c7c6)cc5)cc(-c5ccccc5)n4)cc3)=[N+](c3ccccc3)C2C=C1. The van der Waals surface area contributed by atoms with E-state index in [0.29, 0.717) is 0 Å². The second kappa shape index (κ2) is 12.4. The van der Waals surface area contributed by atoms with Crippen LogP contribution in [0.5, 0.6) is 0 Å². The summed E-state index contributed by atoms with van der Waals surface area (Å²) in [5.41, 5.74) is 13.6. The van der Waals surface area contributed by atoms with E-state index in [2.05, 4.69) is 174 Å². The number of aliphatic imine (C=N–C) groups is 1. The van der Waals surface area contributed by atoms with Crippen LogP contribution in [0.25, 0.3) is 66.7 Å². The van der Waals surface area contributed by atoms with Crippen LogP contribution < -0.4 is 0 Å². The summed E-state index contributed by atoms with van der Waals surface area (Å²) in [4.78, 5) is 10.3. The Kier molecular flexibility index (Phi) is 7.17. The van der Waals surface area contributed by atoms with Gasteiger partial charge in [-0.05, 0) is 94.0 Å². The van der Waals surface area contributed by atoms with Gasteiger partial charge in [-0.3, -0.25) is 0 Å². The molecule has 0 amide bonds. The number of nitrogens with zero attached hydrogens (tertiary/aromatic N) is 3. The highest BCUT2D eigenvalue weighted by molar-refractivity contribution is 6.14. The van der Waals surface area contributed by atoms with E-state index in [1.807, 2.05) is 18.2 Å². The second-order valence-corrected chi connectivity index (χ2v) is 13.2. The van der Waals surface area contributed by atoms with Gasteiger partial charge in [-0.25, -0.2) is 9.56 Å². The van der Waals surface area contributed by atoms with E-state index in [4.69, 9.17) is 14.4 Å². The maximum absolute atomic E-state index is 6.07. The number of fused-ring (bicyclic) bond motifs is 4. The fourth-order valence-corrected chi connectivity index (χ4v) is 7.38. The molecule has 4 nitrogen and oxygen atoms in total. The van der Waals surface area contributed by atoms with Crippen molar-refractivity contribution in [2.75, 3.05) is 0 Å². The second-order valence-electron chi connectivity index (χ2n) is 13.2. The van der Waals surface area contributed by atoms with Gasteiger partial charge in [0.05, 0.1) is 17.0 Å². The number of rotatable bonds is 6. The predicted molar refractivity (Wildman–Crippen MR) is 213 cm³/mol. The van der Waals surface area contributed by atoms with Gasteiger partial charge < -0.3 is 4.42 Å². The maximum Gasteiger partial charge on any atom is 0.332 e. The molecule has 0 spiro atoms. The molecule has 8 aromatic rings. The Morgan fingerprint density at radius 2 is 1.06 bits per heavy atom. The Morgan fingerprint density at radius 1 is 0.462 bits per heavy atom. The lowest BCUT2D eigenvalue weighted by molar-refractivity contribution is -0.447. The van der Waals surface area contributed by atoms with Crippen molar-refractivity contribution < 1.29 is 8.99 Å². The van der Waals surface area contributed by atoms with Crippen molar-refractivity contribution in [2.24, 2.45) is 4.99 Å². The van der Waals surface area contributed by atoms with E-state index < -0.39 is 0 Å². The Bertz CT molecular complexity index is 2750. The summed E-state index contributed by atoms with van der Waals surface area (Å²) < 4.78 is 8.39. The first-order chi connectivity index (χ1) is 25.7. The Balaban J connectivity index is 1.02. The summed E-state index contributed by atoms with van der Waals surface area (Å²) in [7, 11) is 0. The molecule has 4 heteroatoms. The molecule has 0 radical (unpaired) electrons. The molecule has 10 rings (SSSR count). The van der Waals surface area contributed by atoms with Gasteiger partial charge in [0.25, 0.3) is 0 Å². The number of allylic oxidation sites excluding steroid dienone is 2. The molecule has 0 saturated heterocycles. The van der Waals surface area contributed by atoms with Crippen molar-refractivity contribution >= 4 is 39.2 Å². The van der Waals surface area contributed by atoms with Crippen molar-refractivity contribution in [1.29, 1.82) is 0 Å². The van der Waals surface area contributed by atoms with Gasteiger partial charge in [0.2, 0.25) is 5.71 Å². The molecule has 1 aliphatic carbocycles. The Labute approximate surface area is 301 Å². The van der Waals surface area contributed by atoms with Crippen LogP contribution in [-0.4, -0.2) is 27.1 Å². The molecular weight excluding hydrogens is 635 g/mol. The van der Waals surface area contributed by atoms with Crippen LogP contribution in [0.2, 0.25) is 0 Å². The molecule has 0 fully saturated rings. The number of pyridine rings is 1. The summed E-state index contributed by atoms with van der Waals surface area (Å²) in [6.07, 6.45) is 8.47. The van der Waals surface area contributed by atoms with Crippen molar-refractivity contribution in [1.82, 2.24) is 4.98 Å². The first-order valence-corrected chi connectivity index (χ1v) is 17.6. The topological polar surface area (TPSA) is 41.4 Å². The molecule has 0 bridgehead atoms. The molecule has 3 heterocycles. The van der Waals surface area contributed by atoms with Gasteiger partial charge >= 0.3 is 5.84 Å². The molecule has 0 N–H and O–H groups in total. The number of amidine groups is 1. The number of furan rings is 1. The van der Waals surface area contributed by atoms with Crippen LogP contribution in [0.3, 0.4) is 0 Å². The van der Waals surface area contributed by atoms with E-state index in [9.17, 15) is 0 Å². The molecule has 0 saturated carbocycles. The molecule has 1 unspecified atom stereocenters. The van der Waals surface area contributed by atoms with E-state index in [1.165, 1.54) is 0 Å². The molecule has 2 aromatic heterocycles. The predicted octanol–water partition coefficient (Wildman–Crippen LogP) is 11.7. The number of aromatic nitrogens is 1. The monoisotopic (exact) mass is 666 g/mol. The smallest absolute Gasteiger partial charge is 0.332 e. The summed E-state index contributed by atoms with van der Waals surface area (Å²) in [5, 5.41) is 2.27. The Hall–Kier alpha value is -6.91. The van der Waals surface area contributed by atoms with E-state index in [0.717, 1.165) is 89.5 Å². The summed E-state index contributed by atoms with van der Waals surface area (Å²) in [6.45, 7) is 0. The molecule has 1 atom stereocenters. The first-order valence-electron chi connectivity index (χ1n) is 17.6. The third kappa shape index (κ3) is 5.29. The molecule has 6 aromatic carbocycles. The zero-order chi connectivity index (χ0) is 34.4. The zero-order valence-electron chi connectivity index (χ0n) is 28.2. The summed E-state index contributed by atoms with van der Waals surface area (Å²) in [5.74, 6) is 0.945. The average molecular weight is 667 g/mol. The minimum atomic E-state index is 0.0775. The largest absolute Gasteiger partial charge is 0.456 e. The molecular formula is C48H32N3O+. The summed E-state index contributed by atoms with van der Waals surface area (Å²) >= 11 is 0. The van der Waals surface area contributed by atoms with Gasteiger partial charge in [0, 0.05) is 21.9 Å². The van der Waals surface area contributed by atoms with E-state index in [-0.39, 0.29) is 6.04 Å². The van der Waals surface area contributed by atoms with Gasteiger partial charge in [-0.2, -0.15) is 0 Å². The highest BCUT2D eigenvalue weighted by atomic mass is 16.3. The lowest BCUT2D eigenvalue weighted by Crippen LogP contribution is -2.26. The van der Waals surface area contributed by atoms with Crippen molar-refractivity contribution in [3.63, 3.8) is 0 Å². The number of hydrogen-bond acceptors (Lipinski definition) is 3. The highest BCUT2D eigenvalue weighted by Crippen LogP contribution is 2.35. The third-order valence-corrected chi connectivity index (χ3v) is 10.0. The van der Waals surface area contributed by atoms with Crippen LogP contribution in [-0.2, 0) is 0 Å². The number of benzene rings is 6. The average Bonchev–Trinajstić information content (AvgIpc) is 3.80. The van der Waals surface area contributed by atoms with Crippen LogP contribution in [0, 0.1) is 0 Å². The molecule has 1 aliphatic heterocycles.